The number of hydrogen-bond acceptors (Lipinski definition) is 3. The molecule has 0 saturated heterocycles. The number of ether oxygens (including phenoxy) is 1. The van der Waals surface area contributed by atoms with Crippen LogP contribution in [0.5, 0.6) is 5.75 Å². The normalized spacial score (nSPS) is 10.5. The fraction of sp³-hybridized carbons (Fsp3) is 0.0909. The Morgan fingerprint density at radius 1 is 1.35 bits per heavy atom. The zero-order valence-electron chi connectivity index (χ0n) is 8.70. The molecular formula is C11H7Cl2NO3. The van der Waals surface area contributed by atoms with E-state index in [1.807, 2.05) is 0 Å². The van der Waals surface area contributed by atoms with Gasteiger partial charge in [-0.3, -0.25) is 0 Å². The number of rotatable bonds is 2. The molecule has 1 aromatic carbocycles. The summed E-state index contributed by atoms with van der Waals surface area (Å²) in [6.07, 6.45) is 0. The molecule has 2 rings (SSSR count). The molecule has 0 aliphatic heterocycles. The monoisotopic (exact) mass is 271 g/mol. The number of methoxy groups -OCH3 is 1. The van der Waals surface area contributed by atoms with Crippen LogP contribution in [0.1, 0.15) is 10.5 Å². The summed E-state index contributed by atoms with van der Waals surface area (Å²) in [4.78, 5) is 14.9. The highest BCUT2D eigenvalue weighted by Crippen LogP contribution is 2.35. The van der Waals surface area contributed by atoms with Crippen molar-refractivity contribution in [1.82, 2.24) is 4.98 Å². The summed E-state index contributed by atoms with van der Waals surface area (Å²) in [5, 5.41) is 10.0. The first-order valence-corrected chi connectivity index (χ1v) is 5.36. The summed E-state index contributed by atoms with van der Waals surface area (Å²) >= 11 is 12.0. The van der Waals surface area contributed by atoms with Crippen LogP contribution >= 0.6 is 23.2 Å². The number of pyridine rings is 1. The Morgan fingerprint density at radius 3 is 2.65 bits per heavy atom. The largest absolute Gasteiger partial charge is 0.494 e. The molecule has 0 atom stereocenters. The van der Waals surface area contributed by atoms with E-state index >= 15 is 0 Å². The second-order valence-electron chi connectivity index (χ2n) is 3.27. The smallest absolute Gasteiger partial charge is 0.354 e. The molecule has 0 radical (unpaired) electrons. The molecule has 0 saturated carbocycles. The van der Waals surface area contributed by atoms with Crippen LogP contribution in [0, 0.1) is 0 Å². The van der Waals surface area contributed by atoms with Gasteiger partial charge in [-0.25, -0.2) is 9.78 Å². The number of benzene rings is 1. The molecule has 88 valence electrons. The van der Waals surface area contributed by atoms with E-state index in [1.165, 1.54) is 13.2 Å². The van der Waals surface area contributed by atoms with Gasteiger partial charge in [-0.1, -0.05) is 23.2 Å². The lowest BCUT2D eigenvalue weighted by Gasteiger charge is -2.08. The lowest BCUT2D eigenvalue weighted by molar-refractivity contribution is 0.0691. The number of carboxylic acid groups (broad SMARTS) is 1. The predicted octanol–water partition coefficient (Wildman–Crippen LogP) is 3.25. The third-order valence-electron chi connectivity index (χ3n) is 2.26. The van der Waals surface area contributed by atoms with Crippen LogP contribution in [-0.2, 0) is 0 Å². The Kier molecular flexibility index (Phi) is 3.09. The van der Waals surface area contributed by atoms with Gasteiger partial charge in [0.25, 0.3) is 0 Å². The first-order valence-electron chi connectivity index (χ1n) is 4.60. The van der Waals surface area contributed by atoms with Gasteiger partial charge in [0.2, 0.25) is 0 Å². The number of carboxylic acids is 1. The summed E-state index contributed by atoms with van der Waals surface area (Å²) in [6.45, 7) is 0. The fourth-order valence-corrected chi connectivity index (χ4v) is 2.10. The van der Waals surface area contributed by atoms with E-state index in [4.69, 9.17) is 33.0 Å². The second-order valence-corrected chi connectivity index (χ2v) is 4.08. The molecule has 0 spiro atoms. The molecule has 0 unspecified atom stereocenters. The van der Waals surface area contributed by atoms with Crippen LogP contribution in [0.3, 0.4) is 0 Å². The topological polar surface area (TPSA) is 59.4 Å². The molecule has 1 N–H and O–H groups in total. The van der Waals surface area contributed by atoms with E-state index in [0.717, 1.165) is 0 Å². The van der Waals surface area contributed by atoms with E-state index in [0.29, 0.717) is 21.7 Å². The predicted molar refractivity (Wildman–Crippen MR) is 65.3 cm³/mol. The van der Waals surface area contributed by atoms with E-state index in [2.05, 4.69) is 4.98 Å². The van der Waals surface area contributed by atoms with Crippen LogP contribution in [0.25, 0.3) is 10.9 Å². The summed E-state index contributed by atoms with van der Waals surface area (Å²) in [6, 6.07) is 4.49. The summed E-state index contributed by atoms with van der Waals surface area (Å²) < 4.78 is 5.10. The number of carbonyl (C=O) groups is 1. The third-order valence-corrected chi connectivity index (χ3v) is 2.88. The van der Waals surface area contributed by atoms with Gasteiger partial charge in [0, 0.05) is 5.39 Å². The molecular weight excluding hydrogens is 265 g/mol. The van der Waals surface area contributed by atoms with Gasteiger partial charge in [-0.2, -0.15) is 0 Å². The Labute approximate surface area is 107 Å². The van der Waals surface area contributed by atoms with Gasteiger partial charge in [0.1, 0.15) is 11.3 Å². The maximum atomic E-state index is 10.9. The molecule has 1 aromatic heterocycles. The fourth-order valence-electron chi connectivity index (χ4n) is 1.50. The van der Waals surface area contributed by atoms with E-state index in [9.17, 15) is 4.79 Å². The van der Waals surface area contributed by atoms with Crippen LogP contribution in [0.15, 0.2) is 18.2 Å². The number of halogens is 2. The van der Waals surface area contributed by atoms with Gasteiger partial charge >= 0.3 is 5.97 Å². The van der Waals surface area contributed by atoms with Crippen LogP contribution in [-0.4, -0.2) is 23.2 Å². The van der Waals surface area contributed by atoms with E-state index in [1.54, 1.807) is 12.1 Å². The van der Waals surface area contributed by atoms with Crippen molar-refractivity contribution in [1.29, 1.82) is 0 Å². The van der Waals surface area contributed by atoms with Crippen molar-refractivity contribution >= 4 is 40.1 Å². The second kappa shape index (κ2) is 4.39. The van der Waals surface area contributed by atoms with Gasteiger partial charge in [0.15, 0.2) is 5.69 Å². The highest BCUT2D eigenvalue weighted by atomic mass is 35.5. The van der Waals surface area contributed by atoms with Gasteiger partial charge in [0.05, 0.1) is 17.2 Å². The molecule has 2 aromatic rings. The van der Waals surface area contributed by atoms with Gasteiger partial charge in [-0.05, 0) is 18.2 Å². The number of nitrogens with zero attached hydrogens (tertiary/aromatic N) is 1. The Bertz CT molecular complexity index is 613. The van der Waals surface area contributed by atoms with Crippen molar-refractivity contribution < 1.29 is 14.6 Å². The third kappa shape index (κ3) is 2.01. The van der Waals surface area contributed by atoms with Crippen LogP contribution < -0.4 is 4.74 Å². The number of fused-ring (bicyclic) bond motifs is 1. The first-order chi connectivity index (χ1) is 8.04. The number of aromatic nitrogens is 1. The number of aromatic carboxylic acids is 1. The zero-order valence-corrected chi connectivity index (χ0v) is 10.2. The molecule has 6 heteroatoms. The summed E-state index contributed by atoms with van der Waals surface area (Å²) in [5.74, 6) is -0.731. The zero-order chi connectivity index (χ0) is 12.6. The Hall–Kier alpha value is -1.52. The molecule has 0 aliphatic carbocycles. The van der Waals surface area contributed by atoms with Crippen LogP contribution in [0.2, 0.25) is 10.0 Å². The van der Waals surface area contributed by atoms with Crippen molar-refractivity contribution in [2.24, 2.45) is 0 Å². The van der Waals surface area contributed by atoms with E-state index < -0.39 is 5.97 Å². The summed E-state index contributed by atoms with van der Waals surface area (Å²) in [5.41, 5.74) is 0.188. The Morgan fingerprint density at radius 2 is 2.06 bits per heavy atom. The minimum Gasteiger partial charge on any atom is -0.494 e. The standard InChI is InChI=1S/C11H7Cl2NO3/c1-17-8-3-2-5(12)9-6(13)4-7(11(15)16)14-10(8)9/h2-4H,1H3,(H,15,16). The summed E-state index contributed by atoms with van der Waals surface area (Å²) in [7, 11) is 1.46. The maximum absolute atomic E-state index is 10.9. The SMILES string of the molecule is COc1ccc(Cl)c2c(Cl)cc(C(=O)O)nc12. The lowest BCUT2D eigenvalue weighted by atomic mass is 10.2. The van der Waals surface area contributed by atoms with Crippen molar-refractivity contribution in [2.45, 2.75) is 0 Å². The molecule has 4 nitrogen and oxygen atoms in total. The van der Waals surface area contributed by atoms with Gasteiger partial charge in [-0.15, -0.1) is 0 Å². The molecule has 1 heterocycles. The molecule has 0 fully saturated rings. The molecule has 0 amide bonds. The lowest BCUT2D eigenvalue weighted by Crippen LogP contribution is -2.01. The average Bonchev–Trinajstić information content (AvgIpc) is 2.28. The molecule has 17 heavy (non-hydrogen) atoms. The minimum atomic E-state index is -1.16. The highest BCUT2D eigenvalue weighted by Gasteiger charge is 2.15. The van der Waals surface area contributed by atoms with E-state index in [-0.39, 0.29) is 10.7 Å². The quantitative estimate of drug-likeness (QED) is 0.911. The molecule has 0 bridgehead atoms. The van der Waals surface area contributed by atoms with Crippen molar-refractivity contribution in [3.8, 4) is 5.75 Å². The van der Waals surface area contributed by atoms with Crippen molar-refractivity contribution in [3.05, 3.63) is 33.9 Å². The van der Waals surface area contributed by atoms with Crippen molar-refractivity contribution in [2.75, 3.05) is 7.11 Å². The minimum absolute atomic E-state index is 0.150. The average molecular weight is 272 g/mol. The van der Waals surface area contributed by atoms with Crippen molar-refractivity contribution in [3.63, 3.8) is 0 Å². The highest BCUT2D eigenvalue weighted by molar-refractivity contribution is 6.42. The molecule has 0 aliphatic rings. The van der Waals surface area contributed by atoms with Gasteiger partial charge < -0.3 is 9.84 Å². The maximum Gasteiger partial charge on any atom is 0.354 e. The number of hydrogen-bond donors (Lipinski definition) is 1. The van der Waals surface area contributed by atoms with Crippen LogP contribution in [0.4, 0.5) is 0 Å². The first kappa shape index (κ1) is 12.0. The Balaban J connectivity index is 2.89.